The van der Waals surface area contributed by atoms with Gasteiger partial charge in [-0.25, -0.2) is 0 Å². The first-order valence-corrected chi connectivity index (χ1v) is 3.55. The summed E-state index contributed by atoms with van der Waals surface area (Å²) >= 11 is 0. The van der Waals surface area contributed by atoms with Crippen LogP contribution in [0.3, 0.4) is 0 Å². The van der Waals surface area contributed by atoms with Crippen molar-refractivity contribution in [2.75, 3.05) is 20.0 Å². The van der Waals surface area contributed by atoms with E-state index in [0.717, 1.165) is 0 Å². The van der Waals surface area contributed by atoms with Crippen molar-refractivity contribution in [1.29, 1.82) is 0 Å². The highest BCUT2D eigenvalue weighted by atomic mass is 16.7. The Bertz CT molecular complexity index is 249. The van der Waals surface area contributed by atoms with Gasteiger partial charge in [0, 0.05) is 26.1 Å². The molecule has 0 aliphatic heterocycles. The van der Waals surface area contributed by atoms with E-state index in [4.69, 9.17) is 15.2 Å². The van der Waals surface area contributed by atoms with Crippen LogP contribution < -0.4 is 5.73 Å². The molecule has 4 nitrogen and oxygen atoms in total. The zero-order valence-corrected chi connectivity index (χ0v) is 7.15. The van der Waals surface area contributed by atoms with Gasteiger partial charge in [-0.1, -0.05) is 7.43 Å². The standard InChI is InChI=1S/C8H12N2O2.CH4/c1-11-8(12-2)7-5-6(9)3-4-10-7;/h3-5,8H,1-2H3,(H2,9,10);1H4. The van der Waals surface area contributed by atoms with Crippen LogP contribution in [0.4, 0.5) is 5.69 Å². The maximum Gasteiger partial charge on any atom is 0.200 e. The highest BCUT2D eigenvalue weighted by molar-refractivity contribution is 5.37. The number of anilines is 1. The Morgan fingerprint density at radius 1 is 1.38 bits per heavy atom. The molecule has 1 rings (SSSR count). The van der Waals surface area contributed by atoms with Crippen molar-refractivity contribution in [2.45, 2.75) is 13.7 Å². The lowest BCUT2D eigenvalue weighted by molar-refractivity contribution is -0.108. The first-order chi connectivity index (χ1) is 5.77. The normalized spacial score (nSPS) is 9.77. The van der Waals surface area contributed by atoms with Crippen LogP contribution in [0.1, 0.15) is 19.4 Å². The number of hydrogen-bond acceptors (Lipinski definition) is 4. The fraction of sp³-hybridized carbons (Fsp3) is 0.444. The van der Waals surface area contributed by atoms with Gasteiger partial charge in [0.1, 0.15) is 0 Å². The van der Waals surface area contributed by atoms with Crippen molar-refractivity contribution in [3.05, 3.63) is 24.0 Å². The second-order valence-corrected chi connectivity index (χ2v) is 2.32. The van der Waals surface area contributed by atoms with Gasteiger partial charge >= 0.3 is 0 Å². The monoisotopic (exact) mass is 184 g/mol. The molecule has 0 aliphatic carbocycles. The highest BCUT2D eigenvalue weighted by Gasteiger charge is 2.09. The van der Waals surface area contributed by atoms with Gasteiger partial charge in [-0.3, -0.25) is 4.98 Å². The molecule has 1 heterocycles. The zero-order chi connectivity index (χ0) is 8.97. The van der Waals surface area contributed by atoms with Gasteiger partial charge in [0.2, 0.25) is 6.29 Å². The fourth-order valence-electron chi connectivity index (χ4n) is 0.932. The lowest BCUT2D eigenvalue weighted by Gasteiger charge is -2.12. The third-order valence-electron chi connectivity index (χ3n) is 1.47. The Morgan fingerprint density at radius 2 is 2.00 bits per heavy atom. The van der Waals surface area contributed by atoms with Crippen LogP contribution in [0.15, 0.2) is 18.3 Å². The smallest absolute Gasteiger partial charge is 0.200 e. The van der Waals surface area contributed by atoms with E-state index in [1.807, 2.05) is 0 Å². The van der Waals surface area contributed by atoms with E-state index in [1.165, 1.54) is 0 Å². The van der Waals surface area contributed by atoms with Crippen LogP contribution in [0.5, 0.6) is 0 Å². The number of nitrogens with zero attached hydrogens (tertiary/aromatic N) is 1. The van der Waals surface area contributed by atoms with E-state index < -0.39 is 6.29 Å². The van der Waals surface area contributed by atoms with Gasteiger partial charge in [0.25, 0.3) is 0 Å². The maximum absolute atomic E-state index is 5.55. The number of nitrogens with two attached hydrogens (primary N) is 1. The second-order valence-electron chi connectivity index (χ2n) is 2.32. The Hall–Kier alpha value is -1.13. The Labute approximate surface area is 78.7 Å². The summed E-state index contributed by atoms with van der Waals surface area (Å²) in [6.45, 7) is 0. The van der Waals surface area contributed by atoms with Gasteiger partial charge in [-0.2, -0.15) is 0 Å². The Kier molecular flexibility index (Phi) is 5.03. The van der Waals surface area contributed by atoms with Gasteiger partial charge < -0.3 is 15.2 Å². The number of hydrogen-bond donors (Lipinski definition) is 1. The van der Waals surface area contributed by atoms with Crippen LogP contribution in [0.25, 0.3) is 0 Å². The third kappa shape index (κ3) is 3.01. The lowest BCUT2D eigenvalue weighted by Crippen LogP contribution is -2.06. The summed E-state index contributed by atoms with van der Waals surface area (Å²) in [5.41, 5.74) is 6.89. The molecule has 0 radical (unpaired) electrons. The zero-order valence-electron chi connectivity index (χ0n) is 7.15. The van der Waals surface area contributed by atoms with Crippen molar-refractivity contribution in [1.82, 2.24) is 4.98 Å². The molecule has 2 N–H and O–H groups in total. The Balaban J connectivity index is 0.00000144. The summed E-state index contributed by atoms with van der Waals surface area (Å²) in [6, 6.07) is 3.43. The topological polar surface area (TPSA) is 57.4 Å². The average molecular weight is 184 g/mol. The van der Waals surface area contributed by atoms with Crippen LogP contribution in [0.2, 0.25) is 0 Å². The van der Waals surface area contributed by atoms with Crippen LogP contribution >= 0.6 is 0 Å². The minimum absolute atomic E-state index is 0. The highest BCUT2D eigenvalue weighted by Crippen LogP contribution is 2.15. The fourth-order valence-corrected chi connectivity index (χ4v) is 0.932. The van der Waals surface area contributed by atoms with Crippen LogP contribution in [-0.4, -0.2) is 19.2 Å². The number of ether oxygens (including phenoxy) is 2. The molecule has 0 aromatic carbocycles. The molecule has 1 aromatic rings. The molecule has 0 unspecified atom stereocenters. The van der Waals surface area contributed by atoms with Gasteiger partial charge in [0.05, 0.1) is 5.69 Å². The molecule has 74 valence electrons. The molecular weight excluding hydrogens is 168 g/mol. The molecular formula is C9H16N2O2. The lowest BCUT2D eigenvalue weighted by atomic mass is 10.3. The van der Waals surface area contributed by atoms with E-state index in [2.05, 4.69) is 4.98 Å². The number of rotatable bonds is 3. The van der Waals surface area contributed by atoms with Crippen molar-refractivity contribution >= 4 is 5.69 Å². The number of nitrogen functional groups attached to an aromatic ring is 1. The van der Waals surface area contributed by atoms with E-state index >= 15 is 0 Å². The first kappa shape index (κ1) is 11.9. The molecule has 0 atom stereocenters. The van der Waals surface area contributed by atoms with Gasteiger partial charge in [-0.15, -0.1) is 0 Å². The minimum Gasteiger partial charge on any atom is -0.399 e. The summed E-state index contributed by atoms with van der Waals surface area (Å²) < 4.78 is 10.0. The first-order valence-electron chi connectivity index (χ1n) is 3.55. The quantitative estimate of drug-likeness (QED) is 0.725. The predicted octanol–water partition coefficient (Wildman–Crippen LogP) is 1.59. The van der Waals surface area contributed by atoms with Crippen molar-refractivity contribution in [3.63, 3.8) is 0 Å². The van der Waals surface area contributed by atoms with Crippen LogP contribution in [0, 0.1) is 0 Å². The van der Waals surface area contributed by atoms with E-state index in [0.29, 0.717) is 11.4 Å². The number of methoxy groups -OCH3 is 2. The Morgan fingerprint density at radius 3 is 2.46 bits per heavy atom. The third-order valence-corrected chi connectivity index (χ3v) is 1.47. The second kappa shape index (κ2) is 5.50. The molecule has 0 saturated carbocycles. The molecule has 0 amide bonds. The number of pyridine rings is 1. The SMILES string of the molecule is C.COC(OC)c1cc(N)ccn1. The maximum atomic E-state index is 5.55. The molecule has 1 aromatic heterocycles. The molecule has 0 spiro atoms. The summed E-state index contributed by atoms with van der Waals surface area (Å²) in [7, 11) is 3.11. The molecule has 4 heteroatoms. The average Bonchev–Trinajstić information content (AvgIpc) is 2.07. The summed E-state index contributed by atoms with van der Waals surface area (Å²) in [4.78, 5) is 4.05. The molecule has 0 aliphatic rings. The van der Waals surface area contributed by atoms with Gasteiger partial charge in [0.15, 0.2) is 0 Å². The summed E-state index contributed by atoms with van der Waals surface area (Å²) in [5.74, 6) is 0. The van der Waals surface area contributed by atoms with Crippen molar-refractivity contribution in [2.24, 2.45) is 0 Å². The number of aromatic nitrogens is 1. The van der Waals surface area contributed by atoms with Crippen molar-refractivity contribution in [3.8, 4) is 0 Å². The summed E-state index contributed by atoms with van der Waals surface area (Å²) in [6.07, 6.45) is 1.18. The van der Waals surface area contributed by atoms with E-state index in [1.54, 1.807) is 32.5 Å². The van der Waals surface area contributed by atoms with E-state index in [-0.39, 0.29) is 7.43 Å². The van der Waals surface area contributed by atoms with Gasteiger partial charge in [-0.05, 0) is 12.1 Å². The molecule has 0 fully saturated rings. The largest absolute Gasteiger partial charge is 0.399 e. The van der Waals surface area contributed by atoms with Crippen molar-refractivity contribution < 1.29 is 9.47 Å². The molecule has 13 heavy (non-hydrogen) atoms. The predicted molar refractivity (Wildman–Crippen MR) is 52.1 cm³/mol. The van der Waals surface area contributed by atoms with Crippen LogP contribution in [-0.2, 0) is 9.47 Å². The summed E-state index contributed by atoms with van der Waals surface area (Å²) in [5, 5.41) is 0. The molecule has 0 bridgehead atoms. The van der Waals surface area contributed by atoms with E-state index in [9.17, 15) is 0 Å². The minimum atomic E-state index is -0.437. The molecule has 0 saturated heterocycles.